The van der Waals surface area contributed by atoms with Gasteiger partial charge in [0.25, 0.3) is 5.69 Å². The van der Waals surface area contributed by atoms with Crippen molar-refractivity contribution in [3.05, 3.63) is 75.8 Å². The van der Waals surface area contributed by atoms with E-state index in [0.29, 0.717) is 31.7 Å². The van der Waals surface area contributed by atoms with E-state index in [1.165, 1.54) is 12.1 Å². The molecule has 0 aliphatic rings. The van der Waals surface area contributed by atoms with Crippen molar-refractivity contribution in [1.82, 2.24) is 10.2 Å². The molecular weight excluding hydrogens is 358 g/mol. The fourth-order valence-corrected chi connectivity index (χ4v) is 2.79. The Bertz CT molecular complexity index is 763. The van der Waals surface area contributed by atoms with Crippen LogP contribution >= 0.6 is 0 Å². The molecule has 0 aromatic heterocycles. The molecule has 1 unspecified atom stereocenters. The molecule has 2 aromatic rings. The van der Waals surface area contributed by atoms with Crippen molar-refractivity contribution < 1.29 is 14.8 Å². The predicted octanol–water partition coefficient (Wildman–Crippen LogP) is 2.90. The maximum absolute atomic E-state index is 11.8. The van der Waals surface area contributed by atoms with Crippen molar-refractivity contribution in [3.8, 4) is 0 Å². The van der Waals surface area contributed by atoms with Crippen molar-refractivity contribution in [2.24, 2.45) is 5.92 Å². The number of nitrogens with one attached hydrogen (secondary N) is 1. The Kier molecular flexibility index (Phi) is 8.10. The molecule has 1 atom stereocenters. The third-order valence-corrected chi connectivity index (χ3v) is 4.42. The highest BCUT2D eigenvalue weighted by Gasteiger charge is 2.16. The van der Waals surface area contributed by atoms with Crippen LogP contribution in [0.4, 0.5) is 5.69 Å². The van der Waals surface area contributed by atoms with E-state index in [2.05, 4.69) is 10.2 Å². The van der Waals surface area contributed by atoms with Crippen LogP contribution in [-0.2, 0) is 11.3 Å². The second kappa shape index (κ2) is 10.5. The van der Waals surface area contributed by atoms with Crippen LogP contribution < -0.4 is 5.32 Å². The van der Waals surface area contributed by atoms with Crippen molar-refractivity contribution >= 4 is 11.6 Å². The first-order valence-electron chi connectivity index (χ1n) is 9.33. The Labute approximate surface area is 165 Å². The second-order valence-electron chi connectivity index (χ2n) is 7.03. The number of aliphatic hydroxyl groups is 1. The van der Waals surface area contributed by atoms with Gasteiger partial charge in [-0.25, -0.2) is 0 Å². The van der Waals surface area contributed by atoms with Gasteiger partial charge in [0, 0.05) is 44.2 Å². The summed E-state index contributed by atoms with van der Waals surface area (Å²) < 4.78 is 0. The quantitative estimate of drug-likeness (QED) is 0.484. The fourth-order valence-electron chi connectivity index (χ4n) is 2.79. The van der Waals surface area contributed by atoms with Crippen LogP contribution in [0.2, 0.25) is 0 Å². The van der Waals surface area contributed by atoms with Gasteiger partial charge < -0.3 is 10.4 Å². The van der Waals surface area contributed by atoms with Crippen LogP contribution in [0.25, 0.3) is 0 Å². The number of nitro groups is 1. The largest absolute Gasteiger partial charge is 0.387 e. The summed E-state index contributed by atoms with van der Waals surface area (Å²) in [6.45, 7) is 5.73. The van der Waals surface area contributed by atoms with Gasteiger partial charge in [0.2, 0.25) is 5.91 Å². The van der Waals surface area contributed by atoms with E-state index in [1.807, 2.05) is 44.2 Å². The number of nitrogens with zero attached hydrogens (tertiary/aromatic N) is 2. The van der Waals surface area contributed by atoms with Gasteiger partial charge in [-0.15, -0.1) is 0 Å². The summed E-state index contributed by atoms with van der Waals surface area (Å²) in [6.07, 6.45) is -0.787. The van der Waals surface area contributed by atoms with Gasteiger partial charge in [-0.05, 0) is 23.3 Å². The average molecular weight is 385 g/mol. The highest BCUT2D eigenvalue weighted by molar-refractivity contribution is 5.77. The number of amides is 1. The van der Waals surface area contributed by atoms with Crippen molar-refractivity contribution in [3.63, 3.8) is 0 Å². The molecule has 28 heavy (non-hydrogen) atoms. The molecule has 0 heterocycles. The Balaban J connectivity index is 2.02. The Morgan fingerprint density at radius 2 is 1.79 bits per heavy atom. The summed E-state index contributed by atoms with van der Waals surface area (Å²) in [4.78, 5) is 24.2. The van der Waals surface area contributed by atoms with Gasteiger partial charge >= 0.3 is 0 Å². The van der Waals surface area contributed by atoms with E-state index in [-0.39, 0.29) is 17.5 Å². The molecule has 2 aromatic carbocycles. The van der Waals surface area contributed by atoms with Crippen LogP contribution in [-0.4, -0.2) is 40.5 Å². The summed E-state index contributed by atoms with van der Waals surface area (Å²) in [5, 5.41) is 24.3. The van der Waals surface area contributed by atoms with E-state index in [4.69, 9.17) is 0 Å². The maximum Gasteiger partial charge on any atom is 0.269 e. The topological polar surface area (TPSA) is 95.7 Å². The zero-order valence-electron chi connectivity index (χ0n) is 16.2. The molecule has 0 radical (unpaired) electrons. The third kappa shape index (κ3) is 6.75. The van der Waals surface area contributed by atoms with Gasteiger partial charge in [0.1, 0.15) is 0 Å². The van der Waals surface area contributed by atoms with Crippen molar-refractivity contribution in [2.45, 2.75) is 26.5 Å². The van der Waals surface area contributed by atoms with Crippen molar-refractivity contribution in [2.75, 3.05) is 19.6 Å². The number of rotatable bonds is 10. The number of hydrogen-bond donors (Lipinski definition) is 2. The zero-order valence-corrected chi connectivity index (χ0v) is 16.2. The molecule has 7 heteroatoms. The van der Waals surface area contributed by atoms with Gasteiger partial charge in [-0.3, -0.25) is 19.8 Å². The standard InChI is InChI=1S/C21H27N3O4/c1-16(2)21(26)22-12-13-23(14-17-6-4-3-5-7-17)15-20(25)18-8-10-19(11-9-18)24(27)28/h3-11,16,20,25H,12-15H2,1-2H3,(H,22,26). The molecule has 2 N–H and O–H groups in total. The summed E-state index contributed by atoms with van der Waals surface area (Å²) in [5.74, 6) is -0.0798. The highest BCUT2D eigenvalue weighted by Crippen LogP contribution is 2.19. The Hall–Kier alpha value is -2.77. The predicted molar refractivity (Wildman–Crippen MR) is 108 cm³/mol. The van der Waals surface area contributed by atoms with Crippen LogP contribution in [0.15, 0.2) is 54.6 Å². The van der Waals surface area contributed by atoms with Gasteiger partial charge in [0.05, 0.1) is 11.0 Å². The molecule has 0 aliphatic heterocycles. The van der Waals surface area contributed by atoms with E-state index in [0.717, 1.165) is 5.56 Å². The SMILES string of the molecule is CC(C)C(=O)NCCN(Cc1ccccc1)CC(O)c1ccc([N+](=O)[O-])cc1. The van der Waals surface area contributed by atoms with Crippen LogP contribution in [0, 0.1) is 16.0 Å². The van der Waals surface area contributed by atoms with Gasteiger partial charge in [-0.2, -0.15) is 0 Å². The molecule has 2 rings (SSSR count). The number of benzene rings is 2. The average Bonchev–Trinajstić information content (AvgIpc) is 2.68. The number of aliphatic hydroxyl groups excluding tert-OH is 1. The molecule has 0 saturated heterocycles. The first-order chi connectivity index (χ1) is 13.4. The number of nitro benzene ring substituents is 1. The molecule has 7 nitrogen and oxygen atoms in total. The first kappa shape index (κ1) is 21.5. The van der Waals surface area contributed by atoms with E-state index < -0.39 is 11.0 Å². The number of non-ortho nitro benzene ring substituents is 1. The van der Waals surface area contributed by atoms with Gasteiger partial charge in [-0.1, -0.05) is 44.2 Å². The van der Waals surface area contributed by atoms with Gasteiger partial charge in [0.15, 0.2) is 0 Å². The Morgan fingerprint density at radius 1 is 1.14 bits per heavy atom. The number of carbonyl (C=O) groups excluding carboxylic acids is 1. The third-order valence-electron chi connectivity index (χ3n) is 4.42. The summed E-state index contributed by atoms with van der Waals surface area (Å²) in [6, 6.07) is 15.8. The van der Waals surface area contributed by atoms with Crippen LogP contribution in [0.5, 0.6) is 0 Å². The smallest absolute Gasteiger partial charge is 0.269 e. The lowest BCUT2D eigenvalue weighted by Gasteiger charge is -2.25. The molecule has 0 fully saturated rings. The lowest BCUT2D eigenvalue weighted by atomic mass is 10.1. The molecule has 0 bridgehead atoms. The fraction of sp³-hybridized carbons (Fsp3) is 0.381. The van der Waals surface area contributed by atoms with Crippen LogP contribution in [0.1, 0.15) is 31.1 Å². The molecule has 1 amide bonds. The normalized spacial score (nSPS) is 12.2. The maximum atomic E-state index is 11.8. The number of carbonyl (C=O) groups is 1. The molecular formula is C21H27N3O4. The number of hydrogen-bond acceptors (Lipinski definition) is 5. The second-order valence-corrected chi connectivity index (χ2v) is 7.03. The first-order valence-corrected chi connectivity index (χ1v) is 9.33. The minimum Gasteiger partial charge on any atom is -0.387 e. The van der Waals surface area contributed by atoms with E-state index in [1.54, 1.807) is 12.1 Å². The minimum absolute atomic E-state index is 0.00409. The lowest BCUT2D eigenvalue weighted by Crippen LogP contribution is -2.38. The van der Waals surface area contributed by atoms with Crippen molar-refractivity contribution in [1.29, 1.82) is 0 Å². The monoisotopic (exact) mass is 385 g/mol. The van der Waals surface area contributed by atoms with E-state index >= 15 is 0 Å². The molecule has 0 spiro atoms. The highest BCUT2D eigenvalue weighted by atomic mass is 16.6. The van der Waals surface area contributed by atoms with E-state index in [9.17, 15) is 20.0 Å². The van der Waals surface area contributed by atoms with Crippen LogP contribution in [0.3, 0.4) is 0 Å². The summed E-state index contributed by atoms with van der Waals surface area (Å²) in [7, 11) is 0. The zero-order chi connectivity index (χ0) is 20.5. The molecule has 0 aliphatic carbocycles. The summed E-state index contributed by atoms with van der Waals surface area (Å²) in [5.41, 5.74) is 1.72. The summed E-state index contributed by atoms with van der Waals surface area (Å²) >= 11 is 0. The minimum atomic E-state index is -0.787. The molecule has 0 saturated carbocycles. The Morgan fingerprint density at radius 3 is 2.36 bits per heavy atom. The molecule has 150 valence electrons. The lowest BCUT2D eigenvalue weighted by molar-refractivity contribution is -0.384.